The van der Waals surface area contributed by atoms with Gasteiger partial charge in [0.1, 0.15) is 11.6 Å². The van der Waals surface area contributed by atoms with E-state index in [-0.39, 0.29) is 31.6 Å². The zero-order chi connectivity index (χ0) is 29.4. The molecule has 0 radical (unpaired) electrons. The number of nitrogens with zero attached hydrogens (tertiary/aromatic N) is 2. The van der Waals surface area contributed by atoms with E-state index < -0.39 is 41.6 Å². The van der Waals surface area contributed by atoms with Crippen molar-refractivity contribution < 1.29 is 29.0 Å². The van der Waals surface area contributed by atoms with Gasteiger partial charge in [-0.15, -0.1) is 6.58 Å². The Morgan fingerprint density at radius 1 is 1.14 bits per heavy atom. The van der Waals surface area contributed by atoms with E-state index in [1.54, 1.807) is 17.9 Å². The zero-order valence-electron chi connectivity index (χ0n) is 23.7. The van der Waals surface area contributed by atoms with Gasteiger partial charge in [0.05, 0.1) is 37.2 Å². The van der Waals surface area contributed by atoms with Crippen LogP contribution in [0.15, 0.2) is 85.5 Å². The summed E-state index contributed by atoms with van der Waals surface area (Å²) in [6.45, 7) is 5.68. The lowest BCUT2D eigenvalue weighted by Crippen LogP contribution is -2.59. The first kappa shape index (κ1) is 28.1. The number of amides is 2. The Balaban J connectivity index is 1.45. The molecule has 8 nitrogen and oxygen atoms in total. The van der Waals surface area contributed by atoms with Crippen LogP contribution in [-0.2, 0) is 30.3 Å². The summed E-state index contributed by atoms with van der Waals surface area (Å²) in [6, 6.07) is 21.6. The van der Waals surface area contributed by atoms with Crippen molar-refractivity contribution in [1.29, 1.82) is 0 Å². The highest BCUT2D eigenvalue weighted by molar-refractivity contribution is 6.05. The van der Waals surface area contributed by atoms with Crippen molar-refractivity contribution in [1.82, 2.24) is 4.90 Å². The van der Waals surface area contributed by atoms with Crippen molar-refractivity contribution in [2.75, 3.05) is 24.7 Å². The number of carbonyl (C=O) groups excluding carboxylic acids is 3. The molecule has 2 amide bonds. The molecule has 3 fully saturated rings. The van der Waals surface area contributed by atoms with Crippen molar-refractivity contribution in [3.8, 4) is 0 Å². The van der Waals surface area contributed by atoms with Crippen molar-refractivity contribution in [2.45, 2.75) is 50.0 Å². The van der Waals surface area contributed by atoms with Crippen LogP contribution in [0.25, 0.3) is 10.8 Å². The number of aliphatic hydroxyl groups excluding tert-OH is 1. The highest BCUT2D eigenvalue weighted by Crippen LogP contribution is 2.59. The quantitative estimate of drug-likeness (QED) is 0.295. The first-order chi connectivity index (χ1) is 20.4. The molecule has 0 aliphatic carbocycles. The van der Waals surface area contributed by atoms with Gasteiger partial charge >= 0.3 is 5.97 Å². The van der Waals surface area contributed by atoms with Crippen molar-refractivity contribution in [2.24, 2.45) is 11.8 Å². The fraction of sp³-hybridized carbons (Fsp3) is 0.382. The molecule has 42 heavy (non-hydrogen) atoms. The highest BCUT2D eigenvalue weighted by Gasteiger charge is 2.75. The van der Waals surface area contributed by atoms with E-state index in [0.717, 1.165) is 16.3 Å². The molecule has 2 bridgehead atoms. The molecule has 0 aromatic heterocycles. The van der Waals surface area contributed by atoms with Gasteiger partial charge in [-0.2, -0.15) is 0 Å². The summed E-state index contributed by atoms with van der Waals surface area (Å²) in [4.78, 5) is 45.6. The average molecular weight is 569 g/mol. The van der Waals surface area contributed by atoms with Crippen LogP contribution in [0.1, 0.15) is 25.3 Å². The number of esters is 1. The molecule has 3 saturated heterocycles. The van der Waals surface area contributed by atoms with E-state index in [0.29, 0.717) is 24.9 Å². The lowest BCUT2D eigenvalue weighted by molar-refractivity contribution is -0.155. The average Bonchev–Trinajstić information content (AvgIpc) is 3.66. The number of aliphatic hydroxyl groups is 1. The van der Waals surface area contributed by atoms with E-state index in [4.69, 9.17) is 9.47 Å². The smallest absolute Gasteiger partial charge is 0.312 e. The lowest BCUT2D eigenvalue weighted by Gasteiger charge is -2.39. The predicted octanol–water partition coefficient (Wildman–Crippen LogP) is 3.90. The van der Waals surface area contributed by atoms with Crippen LogP contribution in [0, 0.1) is 11.8 Å². The van der Waals surface area contributed by atoms with E-state index in [1.165, 1.54) is 4.90 Å². The van der Waals surface area contributed by atoms with Crippen LogP contribution < -0.4 is 4.90 Å². The molecule has 3 aromatic carbocycles. The summed E-state index contributed by atoms with van der Waals surface area (Å²) >= 11 is 0. The number of rotatable bonds is 10. The Hall–Kier alpha value is -4.01. The molecular formula is C34H36N2O6. The first-order valence-corrected chi connectivity index (χ1v) is 14.7. The number of carbonyl (C=O) groups is 3. The minimum absolute atomic E-state index is 0.185. The maximum Gasteiger partial charge on any atom is 0.312 e. The van der Waals surface area contributed by atoms with Gasteiger partial charge in [-0.3, -0.25) is 14.4 Å². The second kappa shape index (κ2) is 11.3. The van der Waals surface area contributed by atoms with Gasteiger partial charge in [-0.05, 0) is 54.7 Å². The Labute approximate surface area is 245 Å². The van der Waals surface area contributed by atoms with Gasteiger partial charge in [0.2, 0.25) is 5.91 Å². The molecular weight excluding hydrogens is 532 g/mol. The lowest BCUT2D eigenvalue weighted by atomic mass is 9.70. The first-order valence-electron chi connectivity index (χ1n) is 14.7. The fourth-order valence-corrected chi connectivity index (χ4v) is 7.35. The maximum atomic E-state index is 14.8. The Morgan fingerprint density at radius 3 is 2.60 bits per heavy atom. The summed E-state index contributed by atoms with van der Waals surface area (Å²) in [7, 11) is 0. The Bertz CT molecular complexity index is 1510. The third-order valence-corrected chi connectivity index (χ3v) is 9.07. The number of benzene rings is 3. The molecule has 1 N–H and O–H groups in total. The largest absolute Gasteiger partial charge is 0.466 e. The van der Waals surface area contributed by atoms with Gasteiger partial charge in [0, 0.05) is 12.2 Å². The van der Waals surface area contributed by atoms with Crippen LogP contribution >= 0.6 is 0 Å². The Kier molecular flexibility index (Phi) is 7.60. The SMILES string of the molecule is C=CCN(C(=O)[C@H]1N([C@@H](CO)Cc2ccccc2)C(=O)[C@@H]2[C@@H](C(=O)OCC)[C@H]3CC[C@]21O3)c1ccc2ccccc2c1. The minimum atomic E-state index is -1.20. The second-order valence-corrected chi connectivity index (χ2v) is 11.3. The third kappa shape index (κ3) is 4.50. The van der Waals surface area contributed by atoms with Crippen molar-refractivity contribution >= 4 is 34.2 Å². The van der Waals surface area contributed by atoms with Crippen molar-refractivity contribution in [3.63, 3.8) is 0 Å². The molecule has 6 rings (SSSR count). The summed E-state index contributed by atoms with van der Waals surface area (Å²) in [5.74, 6) is -2.80. The highest BCUT2D eigenvalue weighted by atomic mass is 16.6. The molecule has 8 heteroatoms. The van der Waals surface area contributed by atoms with Crippen LogP contribution in [0.5, 0.6) is 0 Å². The Morgan fingerprint density at radius 2 is 1.88 bits per heavy atom. The molecule has 218 valence electrons. The number of hydrogen-bond acceptors (Lipinski definition) is 6. The van der Waals surface area contributed by atoms with Gasteiger partial charge in [0.15, 0.2) is 0 Å². The van der Waals surface area contributed by atoms with Crippen LogP contribution in [0.2, 0.25) is 0 Å². The summed E-state index contributed by atoms with van der Waals surface area (Å²) < 4.78 is 12.0. The van der Waals surface area contributed by atoms with E-state index >= 15 is 0 Å². The topological polar surface area (TPSA) is 96.4 Å². The monoisotopic (exact) mass is 568 g/mol. The maximum absolute atomic E-state index is 14.8. The third-order valence-electron chi connectivity index (χ3n) is 9.07. The fourth-order valence-electron chi connectivity index (χ4n) is 7.35. The molecule has 6 atom stereocenters. The minimum Gasteiger partial charge on any atom is -0.466 e. The number of likely N-dealkylation sites (tertiary alicyclic amines) is 1. The number of hydrogen-bond donors (Lipinski definition) is 1. The molecule has 3 aliphatic rings. The molecule has 0 saturated carbocycles. The number of anilines is 1. The van der Waals surface area contributed by atoms with E-state index in [2.05, 4.69) is 6.58 Å². The molecule has 3 heterocycles. The number of ether oxygens (including phenoxy) is 2. The molecule has 0 unspecified atom stereocenters. The van der Waals surface area contributed by atoms with Gasteiger partial charge in [0.25, 0.3) is 5.91 Å². The predicted molar refractivity (Wildman–Crippen MR) is 159 cm³/mol. The summed E-state index contributed by atoms with van der Waals surface area (Å²) in [5, 5.41) is 12.7. The molecule has 1 spiro atoms. The van der Waals surface area contributed by atoms with Crippen molar-refractivity contribution in [3.05, 3.63) is 91.0 Å². The summed E-state index contributed by atoms with van der Waals surface area (Å²) in [6.07, 6.45) is 2.52. The van der Waals surface area contributed by atoms with Gasteiger partial charge in [-0.1, -0.05) is 66.7 Å². The summed E-state index contributed by atoms with van der Waals surface area (Å²) in [5.41, 5.74) is 0.398. The molecule has 3 aromatic rings. The van der Waals surface area contributed by atoms with Gasteiger partial charge < -0.3 is 24.4 Å². The molecule has 3 aliphatic heterocycles. The van der Waals surface area contributed by atoms with E-state index in [1.807, 2.05) is 72.8 Å². The normalized spacial score (nSPS) is 26.7. The van der Waals surface area contributed by atoms with E-state index in [9.17, 15) is 19.5 Å². The number of fused-ring (bicyclic) bond motifs is 2. The zero-order valence-corrected chi connectivity index (χ0v) is 23.7. The van der Waals surface area contributed by atoms with Crippen LogP contribution in [0.3, 0.4) is 0 Å². The van der Waals surface area contributed by atoms with Gasteiger partial charge in [-0.25, -0.2) is 0 Å². The van der Waals surface area contributed by atoms with Crippen LogP contribution in [0.4, 0.5) is 5.69 Å². The second-order valence-electron chi connectivity index (χ2n) is 11.3. The standard InChI is InChI=1S/C34H36N2O6/c1-3-18-35(25-15-14-23-12-8-9-13-24(23)20-25)32(39)30-34-17-16-27(42-34)28(33(40)41-4-2)29(34)31(38)36(30)26(21-37)19-22-10-6-5-7-11-22/h3,5-15,20,26-30,37H,1,4,16-19,21H2,2H3/t26-,27-,28+,29+,30-,34+/m1/s1. The van der Waals surface area contributed by atoms with Crippen LogP contribution in [-0.4, -0.2) is 71.3 Å².